The number of fused-ring (bicyclic) bond motifs is 1. The number of nitrogens with one attached hydrogen (secondary N) is 3. The van der Waals surface area contributed by atoms with E-state index >= 15 is 0 Å². The number of aryl methyl sites for hydroxylation is 2. The second-order valence-electron chi connectivity index (χ2n) is 7.16. The number of imidazole rings is 1. The molecule has 0 bridgehead atoms. The highest BCUT2D eigenvalue weighted by Crippen LogP contribution is 2.16. The lowest BCUT2D eigenvalue weighted by Crippen LogP contribution is -2.26. The minimum absolute atomic E-state index is 0.0410. The number of amides is 2. The monoisotopic (exact) mass is 408 g/mol. The summed E-state index contributed by atoms with van der Waals surface area (Å²) in [5.74, 6) is 0.790. The number of aromatic amines is 1. The Balaban J connectivity index is 1.58. The predicted molar refractivity (Wildman–Crippen MR) is 118 cm³/mol. The number of H-pyrrole nitrogens is 1. The number of methoxy groups -OCH3 is 1. The molecular formula is C23H28N4O3. The minimum Gasteiger partial charge on any atom is -0.383 e. The predicted octanol–water partition coefficient (Wildman–Crippen LogP) is 3.46. The van der Waals surface area contributed by atoms with E-state index in [2.05, 4.69) is 20.6 Å². The molecule has 1 heterocycles. The highest BCUT2D eigenvalue weighted by molar-refractivity contribution is 5.97. The summed E-state index contributed by atoms with van der Waals surface area (Å²) in [5, 5.41) is 5.71. The number of rotatable bonds is 10. The fourth-order valence-electron chi connectivity index (χ4n) is 3.16. The van der Waals surface area contributed by atoms with Gasteiger partial charge in [0.1, 0.15) is 5.82 Å². The molecule has 3 N–H and O–H groups in total. The van der Waals surface area contributed by atoms with Crippen molar-refractivity contribution in [1.82, 2.24) is 15.3 Å². The van der Waals surface area contributed by atoms with E-state index in [0.29, 0.717) is 25.1 Å². The first-order valence-corrected chi connectivity index (χ1v) is 10.2. The van der Waals surface area contributed by atoms with Crippen LogP contribution < -0.4 is 10.6 Å². The van der Waals surface area contributed by atoms with Gasteiger partial charge in [-0.25, -0.2) is 4.98 Å². The molecule has 0 aliphatic rings. The minimum atomic E-state index is -0.129. The average molecular weight is 409 g/mol. The van der Waals surface area contributed by atoms with Crippen molar-refractivity contribution < 1.29 is 14.3 Å². The number of ether oxygens (including phenoxy) is 1. The molecule has 2 aromatic carbocycles. The van der Waals surface area contributed by atoms with Gasteiger partial charge in [0.25, 0.3) is 5.91 Å². The summed E-state index contributed by atoms with van der Waals surface area (Å²) >= 11 is 0. The molecule has 0 fully saturated rings. The Morgan fingerprint density at radius 3 is 2.63 bits per heavy atom. The molecule has 0 saturated heterocycles. The molecule has 3 aromatic rings. The van der Waals surface area contributed by atoms with Crippen molar-refractivity contribution in [2.75, 3.05) is 25.6 Å². The van der Waals surface area contributed by atoms with Gasteiger partial charge >= 0.3 is 0 Å². The lowest BCUT2D eigenvalue weighted by Gasteiger charge is -2.05. The summed E-state index contributed by atoms with van der Waals surface area (Å²) in [5.41, 5.74) is 4.26. The summed E-state index contributed by atoms with van der Waals surface area (Å²) in [6, 6.07) is 13.3. The number of hydrogen-bond acceptors (Lipinski definition) is 4. The molecule has 0 saturated carbocycles. The number of hydrogen-bond donors (Lipinski definition) is 3. The zero-order valence-electron chi connectivity index (χ0n) is 17.5. The Morgan fingerprint density at radius 1 is 1.10 bits per heavy atom. The van der Waals surface area contributed by atoms with E-state index in [1.807, 2.05) is 43.3 Å². The first kappa shape index (κ1) is 21.5. The molecule has 0 spiro atoms. The van der Waals surface area contributed by atoms with Gasteiger partial charge in [-0.3, -0.25) is 9.59 Å². The van der Waals surface area contributed by atoms with Crippen LogP contribution in [0.1, 0.15) is 41.5 Å². The Morgan fingerprint density at radius 2 is 1.90 bits per heavy atom. The fourth-order valence-corrected chi connectivity index (χ4v) is 3.16. The van der Waals surface area contributed by atoms with Crippen LogP contribution in [0, 0.1) is 0 Å². The Bertz CT molecular complexity index is 995. The van der Waals surface area contributed by atoms with E-state index in [-0.39, 0.29) is 11.8 Å². The second-order valence-corrected chi connectivity index (χ2v) is 7.16. The summed E-state index contributed by atoms with van der Waals surface area (Å²) in [4.78, 5) is 31.8. The molecular weight excluding hydrogens is 380 g/mol. The normalized spacial score (nSPS) is 10.9. The zero-order valence-corrected chi connectivity index (χ0v) is 17.5. The molecule has 1 aromatic heterocycles. The van der Waals surface area contributed by atoms with Crippen molar-refractivity contribution in [3.8, 4) is 0 Å². The SMILES string of the molecule is CCCC(=O)Nc1ccc(CCc2nc3ccc(C(=O)NCCOC)cc3[nH]2)cc1. The van der Waals surface area contributed by atoms with E-state index in [0.717, 1.165) is 41.8 Å². The topological polar surface area (TPSA) is 96.1 Å². The van der Waals surface area contributed by atoms with Crippen LogP contribution in [-0.2, 0) is 22.4 Å². The van der Waals surface area contributed by atoms with E-state index in [1.165, 1.54) is 5.56 Å². The van der Waals surface area contributed by atoms with Crippen molar-refractivity contribution in [1.29, 1.82) is 0 Å². The first-order chi connectivity index (χ1) is 14.6. The van der Waals surface area contributed by atoms with Crippen molar-refractivity contribution >= 4 is 28.5 Å². The van der Waals surface area contributed by atoms with E-state index in [4.69, 9.17) is 4.74 Å². The van der Waals surface area contributed by atoms with Gasteiger partial charge in [0.05, 0.1) is 17.6 Å². The van der Waals surface area contributed by atoms with Gasteiger partial charge in [-0.05, 0) is 48.7 Å². The third kappa shape index (κ3) is 5.90. The molecule has 0 unspecified atom stereocenters. The summed E-state index contributed by atoms with van der Waals surface area (Å²) < 4.78 is 4.95. The maximum Gasteiger partial charge on any atom is 0.251 e. The first-order valence-electron chi connectivity index (χ1n) is 10.2. The van der Waals surface area contributed by atoms with Gasteiger partial charge in [-0.15, -0.1) is 0 Å². The van der Waals surface area contributed by atoms with Gasteiger partial charge in [0, 0.05) is 37.7 Å². The molecule has 0 atom stereocenters. The molecule has 7 heteroatoms. The quantitative estimate of drug-likeness (QED) is 0.448. The maximum absolute atomic E-state index is 12.2. The van der Waals surface area contributed by atoms with Gasteiger partial charge in [-0.2, -0.15) is 0 Å². The molecule has 0 aliphatic heterocycles. The number of anilines is 1. The molecule has 0 aliphatic carbocycles. The van der Waals surface area contributed by atoms with Crippen molar-refractivity contribution in [2.24, 2.45) is 0 Å². The smallest absolute Gasteiger partial charge is 0.251 e. The maximum atomic E-state index is 12.2. The highest BCUT2D eigenvalue weighted by atomic mass is 16.5. The lowest BCUT2D eigenvalue weighted by molar-refractivity contribution is -0.116. The van der Waals surface area contributed by atoms with E-state index in [1.54, 1.807) is 13.2 Å². The van der Waals surface area contributed by atoms with Crippen LogP contribution >= 0.6 is 0 Å². The van der Waals surface area contributed by atoms with Crippen LogP contribution in [0.3, 0.4) is 0 Å². The van der Waals surface area contributed by atoms with Crippen molar-refractivity contribution in [2.45, 2.75) is 32.6 Å². The highest BCUT2D eigenvalue weighted by Gasteiger charge is 2.09. The Labute approximate surface area is 176 Å². The van der Waals surface area contributed by atoms with Crippen LogP contribution in [0.5, 0.6) is 0 Å². The molecule has 3 rings (SSSR count). The lowest BCUT2D eigenvalue weighted by atomic mass is 10.1. The fraction of sp³-hybridized carbons (Fsp3) is 0.348. The van der Waals surface area contributed by atoms with Crippen LogP contribution in [0.2, 0.25) is 0 Å². The van der Waals surface area contributed by atoms with E-state index < -0.39 is 0 Å². The third-order valence-corrected chi connectivity index (χ3v) is 4.75. The van der Waals surface area contributed by atoms with Gasteiger partial charge < -0.3 is 20.4 Å². The third-order valence-electron chi connectivity index (χ3n) is 4.75. The van der Waals surface area contributed by atoms with Gasteiger partial charge in [0.2, 0.25) is 5.91 Å². The van der Waals surface area contributed by atoms with Gasteiger partial charge in [0.15, 0.2) is 0 Å². The second kappa shape index (κ2) is 10.5. The summed E-state index contributed by atoms with van der Waals surface area (Å²) in [6.07, 6.45) is 2.95. The summed E-state index contributed by atoms with van der Waals surface area (Å²) in [6.45, 7) is 2.94. The van der Waals surface area contributed by atoms with Gasteiger partial charge in [-0.1, -0.05) is 19.1 Å². The van der Waals surface area contributed by atoms with E-state index in [9.17, 15) is 9.59 Å². The van der Waals surface area contributed by atoms with Crippen molar-refractivity contribution in [3.63, 3.8) is 0 Å². The standard InChI is InChI=1S/C23H28N4O3/c1-3-4-22(28)25-18-9-5-16(6-10-18)7-12-21-26-19-11-8-17(15-20(19)27-21)23(29)24-13-14-30-2/h5-6,8-11,15H,3-4,7,12-14H2,1-2H3,(H,24,29)(H,25,28)(H,26,27). The molecule has 7 nitrogen and oxygen atoms in total. The number of aromatic nitrogens is 2. The summed E-state index contributed by atoms with van der Waals surface area (Å²) in [7, 11) is 1.60. The Kier molecular flexibility index (Phi) is 7.57. The van der Waals surface area contributed by atoms with Crippen LogP contribution in [0.15, 0.2) is 42.5 Å². The average Bonchev–Trinajstić information content (AvgIpc) is 3.15. The molecule has 0 radical (unpaired) electrons. The number of carbonyl (C=O) groups is 2. The number of carbonyl (C=O) groups excluding carboxylic acids is 2. The largest absolute Gasteiger partial charge is 0.383 e. The van der Waals surface area contributed by atoms with Crippen LogP contribution in [0.25, 0.3) is 11.0 Å². The zero-order chi connectivity index (χ0) is 21.3. The van der Waals surface area contributed by atoms with Crippen LogP contribution in [0.4, 0.5) is 5.69 Å². The molecule has 158 valence electrons. The Hall–Kier alpha value is -3.19. The molecule has 2 amide bonds. The van der Waals surface area contributed by atoms with Crippen LogP contribution in [-0.4, -0.2) is 42.0 Å². The van der Waals surface area contributed by atoms with Crippen molar-refractivity contribution in [3.05, 3.63) is 59.4 Å². The number of nitrogens with zero attached hydrogens (tertiary/aromatic N) is 1. The number of benzene rings is 2. The molecule has 30 heavy (non-hydrogen) atoms.